The predicted octanol–water partition coefficient (Wildman–Crippen LogP) is 8.38. The van der Waals surface area contributed by atoms with Crippen molar-refractivity contribution in [2.75, 3.05) is 26.2 Å². The molecule has 302 valence electrons. The average molecular weight is 827 g/mol. The number of allylic oxidation sites excluding steroid dienone is 1. The zero-order valence-electron chi connectivity index (χ0n) is 32.4. The maximum absolute atomic E-state index is 14.1. The Hall–Kier alpha value is -4.10. The van der Waals surface area contributed by atoms with E-state index in [0.29, 0.717) is 64.9 Å². The summed E-state index contributed by atoms with van der Waals surface area (Å²) in [5.74, 6) is -0.416. The van der Waals surface area contributed by atoms with Gasteiger partial charge in [0.05, 0.1) is 12.3 Å². The van der Waals surface area contributed by atoms with Gasteiger partial charge in [-0.25, -0.2) is 4.72 Å². The highest BCUT2D eigenvalue weighted by Gasteiger charge is 2.34. The molecule has 0 atom stereocenters. The lowest BCUT2D eigenvalue weighted by Crippen LogP contribution is -2.41. The highest BCUT2D eigenvalue weighted by Crippen LogP contribution is 2.45. The summed E-state index contributed by atoms with van der Waals surface area (Å²) in [7, 11) is -2.62. The Morgan fingerprint density at radius 3 is 2.30 bits per heavy atom. The van der Waals surface area contributed by atoms with Crippen molar-refractivity contribution in [1.82, 2.24) is 24.7 Å². The van der Waals surface area contributed by atoms with E-state index in [9.17, 15) is 18.0 Å². The van der Waals surface area contributed by atoms with Gasteiger partial charge in [0.2, 0.25) is 5.09 Å². The molecule has 0 bridgehead atoms. The Morgan fingerprint density at radius 2 is 1.68 bits per heavy atom. The summed E-state index contributed by atoms with van der Waals surface area (Å²) in [6.07, 6.45) is 3.04. The van der Waals surface area contributed by atoms with Crippen LogP contribution < -0.4 is 14.8 Å². The highest BCUT2D eigenvalue weighted by molar-refractivity contribution is 7.90. The van der Waals surface area contributed by atoms with E-state index in [0.717, 1.165) is 70.7 Å². The minimum atomic E-state index is -4.48. The smallest absolute Gasteiger partial charge is 0.297 e. The number of aromatic nitrogens is 2. The summed E-state index contributed by atoms with van der Waals surface area (Å²) in [5, 5.41) is 8.15. The maximum atomic E-state index is 14.1. The number of halogens is 2. The van der Waals surface area contributed by atoms with Crippen LogP contribution in [0.3, 0.4) is 0 Å². The molecule has 6 rings (SSSR count). The number of amides is 2. The number of piperidine rings is 1. The van der Waals surface area contributed by atoms with Gasteiger partial charge in [-0.15, -0.1) is 0 Å². The van der Waals surface area contributed by atoms with Crippen molar-refractivity contribution < 1.29 is 27.2 Å². The first kappa shape index (κ1) is 43.0. The Bertz CT molecular complexity index is 2240. The van der Waals surface area contributed by atoms with Crippen LogP contribution in [-0.4, -0.2) is 67.2 Å². The molecule has 3 heterocycles. The number of rotatable bonds is 13. The van der Waals surface area contributed by atoms with Crippen molar-refractivity contribution in [2.24, 2.45) is 13.0 Å². The first-order valence-electron chi connectivity index (χ1n) is 18.7. The van der Waals surface area contributed by atoms with Gasteiger partial charge in [-0.2, -0.15) is 13.5 Å². The van der Waals surface area contributed by atoms with Crippen LogP contribution in [0.5, 0.6) is 5.75 Å². The van der Waals surface area contributed by atoms with Crippen molar-refractivity contribution in [3.63, 3.8) is 0 Å². The molecule has 2 amide bonds. The molecular weight excluding hydrogens is 773 g/mol. The molecule has 0 spiro atoms. The van der Waals surface area contributed by atoms with Crippen LogP contribution in [0, 0.1) is 33.6 Å². The molecule has 0 radical (unpaired) electrons. The summed E-state index contributed by atoms with van der Waals surface area (Å²) < 4.78 is 42.8. The molecule has 14 heteroatoms. The number of hydrogen-bond donors (Lipinski definition) is 2. The van der Waals surface area contributed by atoms with Crippen molar-refractivity contribution in [3.05, 3.63) is 91.4 Å². The summed E-state index contributed by atoms with van der Waals surface area (Å²) in [5.41, 5.74) is 7.79. The molecule has 2 aromatic heterocycles. The number of fused-ring (bicyclic) bond motifs is 1. The van der Waals surface area contributed by atoms with Gasteiger partial charge in [-0.05, 0) is 144 Å². The number of carbonyl (C=O) groups excluding carboxylic acids is 2. The third-order valence-corrected chi connectivity index (χ3v) is 12.9. The first-order chi connectivity index (χ1) is 26.0. The Balaban J connectivity index is 0.00000600. The Kier molecular flexibility index (Phi) is 13.5. The van der Waals surface area contributed by atoms with E-state index in [2.05, 4.69) is 33.9 Å². The molecule has 2 N–H and O–H groups in total. The highest BCUT2D eigenvalue weighted by atomic mass is 35.5. The summed E-state index contributed by atoms with van der Waals surface area (Å²) in [6.45, 7) is 14.8. The van der Waals surface area contributed by atoms with Crippen LogP contribution in [0.15, 0.2) is 51.5 Å². The molecule has 1 aliphatic carbocycles. The predicted molar refractivity (Wildman–Crippen MR) is 222 cm³/mol. The fraction of sp³-hybridized carbons (Fsp3) is 0.452. The molecular formula is C42H53Cl2N5O6S. The van der Waals surface area contributed by atoms with E-state index in [4.69, 9.17) is 32.4 Å². The largest absolute Gasteiger partial charge is 0.494 e. The van der Waals surface area contributed by atoms with Crippen molar-refractivity contribution in [3.8, 4) is 16.9 Å². The molecule has 2 aromatic carbocycles. The second-order valence-electron chi connectivity index (χ2n) is 14.9. The Morgan fingerprint density at radius 1 is 1.00 bits per heavy atom. The lowest BCUT2D eigenvalue weighted by Gasteiger charge is -2.34. The second-order valence-corrected chi connectivity index (χ2v) is 17.3. The van der Waals surface area contributed by atoms with Gasteiger partial charge in [-0.1, -0.05) is 36.7 Å². The standard InChI is InChI=1S/C41H49Cl2N5O6S.CH4/c1-23(2)48-16-14-28(15-17-48)22-44-41(50)35-12-13-36(54-35)55(51,52)46-40(49)33-21-32-31(10-11-34(42)38(32)37-26(5)45-47(7)27(37)6)30(33)9-8-18-53-29-19-24(3)39(43)25(4)20-29;/h10-13,19-20,23,28H,8-9,14-18,21-22H2,1-7H3,(H,44,50)(H,46,49);1H4. The van der Waals surface area contributed by atoms with Crippen LogP contribution in [0.4, 0.5) is 0 Å². The summed E-state index contributed by atoms with van der Waals surface area (Å²) in [6, 6.07) is 10.4. The van der Waals surface area contributed by atoms with Crippen LogP contribution in [0.2, 0.25) is 10.0 Å². The van der Waals surface area contributed by atoms with Gasteiger partial charge in [-0.3, -0.25) is 14.3 Å². The molecule has 56 heavy (non-hydrogen) atoms. The normalized spacial score (nSPS) is 14.9. The lowest BCUT2D eigenvalue weighted by molar-refractivity contribution is -0.115. The molecule has 0 unspecified atom stereocenters. The molecule has 0 saturated carbocycles. The fourth-order valence-corrected chi connectivity index (χ4v) is 8.98. The number of hydrogen-bond acceptors (Lipinski definition) is 8. The van der Waals surface area contributed by atoms with Crippen molar-refractivity contribution in [2.45, 2.75) is 92.2 Å². The SMILES string of the molecule is C.Cc1cc(OCCCC2=C(C(=O)NS(=O)(=O)c3ccc(C(=O)NCC4CCN(C(C)C)CC4)o3)Cc3c2ccc(Cl)c3-c2c(C)nn(C)c2C)cc(C)c1Cl. The van der Waals surface area contributed by atoms with Crippen LogP contribution in [0.1, 0.15) is 91.2 Å². The topological polar surface area (TPSA) is 136 Å². The first-order valence-corrected chi connectivity index (χ1v) is 20.9. The Labute approximate surface area is 340 Å². The number of sulfonamides is 1. The van der Waals surface area contributed by atoms with E-state index in [-0.39, 0.29) is 19.6 Å². The van der Waals surface area contributed by atoms with Gasteiger partial charge < -0.3 is 19.4 Å². The number of benzene rings is 2. The van der Waals surface area contributed by atoms with Gasteiger partial charge in [0.1, 0.15) is 5.75 Å². The molecule has 11 nitrogen and oxygen atoms in total. The molecule has 1 aliphatic heterocycles. The number of nitrogens with zero attached hydrogens (tertiary/aromatic N) is 3. The molecule has 1 saturated heterocycles. The van der Waals surface area contributed by atoms with E-state index in [1.807, 2.05) is 52.9 Å². The molecule has 2 aliphatic rings. The zero-order chi connectivity index (χ0) is 39.8. The average Bonchev–Trinajstić information content (AvgIpc) is 3.85. The monoisotopic (exact) mass is 825 g/mol. The van der Waals surface area contributed by atoms with E-state index in [1.54, 1.807) is 10.7 Å². The van der Waals surface area contributed by atoms with Crippen molar-refractivity contribution >= 4 is 50.6 Å². The van der Waals surface area contributed by atoms with E-state index < -0.39 is 26.9 Å². The third-order valence-electron chi connectivity index (χ3n) is 10.8. The van der Waals surface area contributed by atoms with Crippen LogP contribution in [-0.2, 0) is 28.3 Å². The minimum absolute atomic E-state index is 0. The number of likely N-dealkylation sites (tertiary alicyclic amines) is 1. The van der Waals surface area contributed by atoms with Gasteiger partial charge in [0, 0.05) is 58.5 Å². The lowest BCUT2D eigenvalue weighted by atomic mass is 9.93. The van der Waals surface area contributed by atoms with Gasteiger partial charge in [0.15, 0.2) is 5.76 Å². The quantitative estimate of drug-likeness (QED) is 0.128. The van der Waals surface area contributed by atoms with Crippen molar-refractivity contribution in [1.29, 1.82) is 0 Å². The number of ether oxygens (including phenoxy) is 1. The second kappa shape index (κ2) is 17.6. The van der Waals surface area contributed by atoms with Gasteiger partial charge >= 0.3 is 0 Å². The molecule has 4 aromatic rings. The fourth-order valence-electron chi connectivity index (χ4n) is 7.69. The summed E-state index contributed by atoms with van der Waals surface area (Å²) >= 11 is 13.2. The third kappa shape index (κ3) is 9.04. The van der Waals surface area contributed by atoms with Crippen LogP contribution in [0.25, 0.3) is 16.7 Å². The number of aryl methyl sites for hydroxylation is 4. The van der Waals surface area contributed by atoms with Crippen LogP contribution >= 0.6 is 23.2 Å². The van der Waals surface area contributed by atoms with E-state index in [1.165, 1.54) is 12.1 Å². The van der Waals surface area contributed by atoms with E-state index >= 15 is 0 Å². The zero-order valence-corrected chi connectivity index (χ0v) is 34.8. The minimum Gasteiger partial charge on any atom is -0.494 e. The number of carbonyl (C=O) groups is 2. The molecule has 1 fully saturated rings. The number of furan rings is 1. The summed E-state index contributed by atoms with van der Waals surface area (Å²) in [4.78, 5) is 29.4. The number of nitrogens with one attached hydrogen (secondary N) is 2. The van der Waals surface area contributed by atoms with Gasteiger partial charge in [0.25, 0.3) is 21.8 Å². The maximum Gasteiger partial charge on any atom is 0.297 e.